The van der Waals surface area contributed by atoms with Gasteiger partial charge >= 0.3 is 0 Å². The maximum Gasteiger partial charge on any atom is 0.134 e. The number of aldehydes is 1. The first kappa shape index (κ1) is 10.6. The van der Waals surface area contributed by atoms with E-state index in [-0.39, 0.29) is 0 Å². The highest BCUT2D eigenvalue weighted by Gasteiger charge is 2.21. The third-order valence-electron chi connectivity index (χ3n) is 3.04. The molecule has 0 aliphatic rings. The fraction of sp³-hybridized carbons (Fsp3) is 0.133. The first-order chi connectivity index (χ1) is 7.69. The van der Waals surface area contributed by atoms with E-state index in [1.165, 1.54) is 5.39 Å². The zero-order valence-electron chi connectivity index (χ0n) is 9.31. The molecule has 0 radical (unpaired) electrons. The van der Waals surface area contributed by atoms with Gasteiger partial charge in [0.15, 0.2) is 0 Å². The highest BCUT2D eigenvalue weighted by molar-refractivity contribution is 5.85. The van der Waals surface area contributed by atoms with Gasteiger partial charge in [0.05, 0.1) is 5.41 Å². The van der Waals surface area contributed by atoms with Gasteiger partial charge in [0.2, 0.25) is 0 Å². The van der Waals surface area contributed by atoms with E-state index in [1.807, 2.05) is 43.3 Å². The Labute approximate surface area is 95.4 Å². The van der Waals surface area contributed by atoms with E-state index >= 15 is 0 Å². The Hall–Kier alpha value is -1.89. The molecule has 0 saturated carbocycles. The van der Waals surface area contributed by atoms with Crippen molar-refractivity contribution < 1.29 is 4.79 Å². The SMILES string of the molecule is C=CC(C)(C=O)c1ccc2ccccc2c1. The molecular formula is C15H14O. The molecule has 0 N–H and O–H groups in total. The quantitative estimate of drug-likeness (QED) is 0.560. The third kappa shape index (κ3) is 1.65. The molecule has 0 bridgehead atoms. The summed E-state index contributed by atoms with van der Waals surface area (Å²) < 4.78 is 0. The van der Waals surface area contributed by atoms with E-state index in [2.05, 4.69) is 12.6 Å². The van der Waals surface area contributed by atoms with Gasteiger partial charge in [-0.3, -0.25) is 0 Å². The predicted molar refractivity (Wildman–Crippen MR) is 67.6 cm³/mol. The molecule has 0 saturated heterocycles. The smallest absolute Gasteiger partial charge is 0.134 e. The Bertz CT molecular complexity index is 532. The van der Waals surface area contributed by atoms with Gasteiger partial charge in [0.1, 0.15) is 6.29 Å². The summed E-state index contributed by atoms with van der Waals surface area (Å²) in [6.45, 7) is 5.60. The molecule has 1 heteroatoms. The van der Waals surface area contributed by atoms with Gasteiger partial charge in [-0.15, -0.1) is 6.58 Å². The van der Waals surface area contributed by atoms with Crippen molar-refractivity contribution >= 4 is 17.1 Å². The Morgan fingerprint density at radius 3 is 2.44 bits per heavy atom. The zero-order chi connectivity index (χ0) is 11.6. The summed E-state index contributed by atoms with van der Waals surface area (Å²) in [5.74, 6) is 0. The summed E-state index contributed by atoms with van der Waals surface area (Å²) >= 11 is 0. The molecule has 0 aliphatic carbocycles. The summed E-state index contributed by atoms with van der Waals surface area (Å²) in [7, 11) is 0. The van der Waals surface area contributed by atoms with Crippen LogP contribution in [-0.2, 0) is 10.2 Å². The normalized spacial score (nSPS) is 14.3. The van der Waals surface area contributed by atoms with Crippen LogP contribution < -0.4 is 0 Å². The molecule has 80 valence electrons. The second-order valence-electron chi connectivity index (χ2n) is 4.17. The Morgan fingerprint density at radius 1 is 1.12 bits per heavy atom. The van der Waals surface area contributed by atoms with Crippen molar-refractivity contribution in [2.24, 2.45) is 0 Å². The van der Waals surface area contributed by atoms with Crippen LogP contribution in [0.3, 0.4) is 0 Å². The average molecular weight is 210 g/mol. The number of hydrogen-bond acceptors (Lipinski definition) is 1. The summed E-state index contributed by atoms with van der Waals surface area (Å²) in [5.41, 5.74) is 0.389. The van der Waals surface area contributed by atoms with Crippen molar-refractivity contribution in [1.29, 1.82) is 0 Å². The van der Waals surface area contributed by atoms with Gasteiger partial charge in [-0.05, 0) is 29.3 Å². The van der Waals surface area contributed by atoms with Gasteiger partial charge in [0, 0.05) is 0 Å². The lowest BCUT2D eigenvalue weighted by molar-refractivity contribution is -0.110. The highest BCUT2D eigenvalue weighted by atomic mass is 16.1. The van der Waals surface area contributed by atoms with E-state index in [4.69, 9.17) is 0 Å². The molecule has 2 aromatic carbocycles. The lowest BCUT2D eigenvalue weighted by Crippen LogP contribution is -2.20. The van der Waals surface area contributed by atoms with Crippen molar-refractivity contribution in [3.8, 4) is 0 Å². The minimum absolute atomic E-state index is 0.593. The first-order valence-corrected chi connectivity index (χ1v) is 5.29. The van der Waals surface area contributed by atoms with E-state index in [0.717, 1.165) is 17.2 Å². The fourth-order valence-corrected chi connectivity index (χ4v) is 1.76. The summed E-state index contributed by atoms with van der Waals surface area (Å²) in [6, 6.07) is 14.2. The van der Waals surface area contributed by atoms with Crippen molar-refractivity contribution in [1.82, 2.24) is 0 Å². The standard InChI is InChI=1S/C15H14O/c1-3-15(2,11-16)14-9-8-12-6-4-5-7-13(12)10-14/h3-11H,1H2,2H3. The van der Waals surface area contributed by atoms with Gasteiger partial charge in [-0.25, -0.2) is 0 Å². The Kier molecular flexibility index (Phi) is 2.61. The van der Waals surface area contributed by atoms with E-state index < -0.39 is 5.41 Å². The van der Waals surface area contributed by atoms with Crippen molar-refractivity contribution in [3.05, 3.63) is 60.7 Å². The molecule has 2 rings (SSSR count). The van der Waals surface area contributed by atoms with Crippen LogP contribution in [0.15, 0.2) is 55.1 Å². The van der Waals surface area contributed by atoms with Crippen LogP contribution in [0, 0.1) is 0 Å². The number of allylic oxidation sites excluding steroid dienone is 1. The van der Waals surface area contributed by atoms with E-state index in [9.17, 15) is 4.79 Å². The van der Waals surface area contributed by atoms with E-state index in [1.54, 1.807) is 6.08 Å². The molecule has 0 fully saturated rings. The van der Waals surface area contributed by atoms with Crippen LogP contribution in [0.5, 0.6) is 0 Å². The molecule has 1 unspecified atom stereocenters. The molecule has 1 atom stereocenters. The maximum absolute atomic E-state index is 11.1. The van der Waals surface area contributed by atoms with Crippen molar-refractivity contribution in [2.75, 3.05) is 0 Å². The van der Waals surface area contributed by atoms with Crippen LogP contribution in [0.1, 0.15) is 12.5 Å². The minimum atomic E-state index is -0.593. The molecule has 1 nitrogen and oxygen atoms in total. The summed E-state index contributed by atoms with van der Waals surface area (Å²) in [6.07, 6.45) is 2.62. The van der Waals surface area contributed by atoms with Crippen LogP contribution in [-0.4, -0.2) is 6.29 Å². The summed E-state index contributed by atoms with van der Waals surface area (Å²) in [5, 5.41) is 2.33. The number of benzene rings is 2. The van der Waals surface area contributed by atoms with Crippen molar-refractivity contribution in [2.45, 2.75) is 12.3 Å². The zero-order valence-corrected chi connectivity index (χ0v) is 9.31. The molecule has 0 aliphatic heterocycles. The lowest BCUT2D eigenvalue weighted by Gasteiger charge is -2.19. The number of carbonyl (C=O) groups excluding carboxylic acids is 1. The minimum Gasteiger partial charge on any atom is -0.302 e. The molecule has 0 spiro atoms. The van der Waals surface area contributed by atoms with E-state index in [0.29, 0.717) is 0 Å². The second-order valence-corrected chi connectivity index (χ2v) is 4.17. The predicted octanol–water partition coefficient (Wildman–Crippen LogP) is 3.48. The number of carbonyl (C=O) groups is 1. The Morgan fingerprint density at radius 2 is 1.81 bits per heavy atom. The van der Waals surface area contributed by atoms with Gasteiger partial charge in [0.25, 0.3) is 0 Å². The third-order valence-corrected chi connectivity index (χ3v) is 3.04. The number of hydrogen-bond donors (Lipinski definition) is 0. The average Bonchev–Trinajstić information content (AvgIpc) is 2.37. The van der Waals surface area contributed by atoms with Gasteiger partial charge in [-0.2, -0.15) is 0 Å². The number of fused-ring (bicyclic) bond motifs is 1. The van der Waals surface area contributed by atoms with Gasteiger partial charge in [-0.1, -0.05) is 42.5 Å². The van der Waals surface area contributed by atoms with Crippen molar-refractivity contribution in [3.63, 3.8) is 0 Å². The van der Waals surface area contributed by atoms with Crippen LogP contribution in [0.4, 0.5) is 0 Å². The number of rotatable bonds is 3. The topological polar surface area (TPSA) is 17.1 Å². The molecule has 16 heavy (non-hydrogen) atoms. The molecule has 2 aromatic rings. The fourth-order valence-electron chi connectivity index (χ4n) is 1.76. The lowest BCUT2D eigenvalue weighted by atomic mass is 9.83. The second kappa shape index (κ2) is 3.93. The molecular weight excluding hydrogens is 196 g/mol. The highest BCUT2D eigenvalue weighted by Crippen LogP contribution is 2.26. The van der Waals surface area contributed by atoms with Crippen LogP contribution >= 0.6 is 0 Å². The first-order valence-electron chi connectivity index (χ1n) is 5.29. The summed E-state index contributed by atoms with van der Waals surface area (Å²) in [4.78, 5) is 11.1. The molecule has 0 heterocycles. The Balaban J connectivity index is 2.63. The van der Waals surface area contributed by atoms with Crippen LogP contribution in [0.25, 0.3) is 10.8 Å². The van der Waals surface area contributed by atoms with Gasteiger partial charge < -0.3 is 4.79 Å². The largest absolute Gasteiger partial charge is 0.302 e. The maximum atomic E-state index is 11.1. The van der Waals surface area contributed by atoms with Crippen LogP contribution in [0.2, 0.25) is 0 Å². The molecule has 0 amide bonds. The molecule has 0 aromatic heterocycles. The monoisotopic (exact) mass is 210 g/mol.